The largest absolute Gasteiger partial charge is 0.466 e. The zero-order valence-corrected chi connectivity index (χ0v) is 8.23. The molecule has 1 heterocycles. The van der Waals surface area contributed by atoms with E-state index in [1.807, 2.05) is 13.2 Å². The van der Waals surface area contributed by atoms with Gasteiger partial charge in [-0.2, -0.15) is 5.10 Å². The van der Waals surface area contributed by atoms with Crippen LogP contribution in [-0.4, -0.2) is 22.9 Å². The molecule has 0 saturated heterocycles. The number of hydrogen-bond donors (Lipinski definition) is 1. The van der Waals surface area contributed by atoms with Gasteiger partial charge in [0, 0.05) is 37.6 Å². The summed E-state index contributed by atoms with van der Waals surface area (Å²) in [6, 6.07) is 0. The third-order valence-electron chi connectivity index (χ3n) is 1.60. The molecule has 0 radical (unpaired) electrons. The number of ether oxygens (including phenoxy) is 1. The monoisotopic (exact) mass is 195 g/mol. The van der Waals surface area contributed by atoms with Crippen LogP contribution in [0.5, 0.6) is 0 Å². The number of carbonyl (C=O) groups excluding carboxylic acids is 1. The summed E-state index contributed by atoms with van der Waals surface area (Å²) in [5, 5.41) is 6.95. The minimum atomic E-state index is -0.372. The van der Waals surface area contributed by atoms with Gasteiger partial charge in [-0.25, -0.2) is 4.79 Å². The van der Waals surface area contributed by atoms with Crippen molar-refractivity contribution in [2.75, 3.05) is 7.11 Å². The molecule has 1 aromatic rings. The van der Waals surface area contributed by atoms with Crippen LogP contribution in [0.4, 0.5) is 0 Å². The fourth-order valence-corrected chi connectivity index (χ4v) is 0.935. The van der Waals surface area contributed by atoms with Gasteiger partial charge in [0.25, 0.3) is 0 Å². The molecule has 5 nitrogen and oxygen atoms in total. The zero-order chi connectivity index (χ0) is 10.4. The molecule has 0 atom stereocenters. The van der Waals surface area contributed by atoms with E-state index in [1.165, 1.54) is 13.2 Å². The van der Waals surface area contributed by atoms with Crippen LogP contribution in [0.15, 0.2) is 24.7 Å². The first-order valence-electron chi connectivity index (χ1n) is 4.18. The molecular weight excluding hydrogens is 182 g/mol. The highest BCUT2D eigenvalue weighted by Gasteiger charge is 1.93. The van der Waals surface area contributed by atoms with Crippen LogP contribution < -0.4 is 5.32 Å². The Morgan fingerprint density at radius 3 is 3.14 bits per heavy atom. The summed E-state index contributed by atoms with van der Waals surface area (Å²) in [5.74, 6) is -0.372. The number of methoxy groups -OCH3 is 1. The maximum Gasteiger partial charge on any atom is 0.331 e. The highest BCUT2D eigenvalue weighted by molar-refractivity contribution is 5.81. The molecule has 1 rings (SSSR count). The van der Waals surface area contributed by atoms with Gasteiger partial charge in [-0.3, -0.25) is 4.68 Å². The molecule has 0 aliphatic rings. The number of nitrogens with zero attached hydrogens (tertiary/aromatic N) is 2. The standard InChI is InChI=1S/C9H13N3O2/c1-12-7-8(6-11-12)5-10-4-3-9(13)14-2/h3-4,6-7,10H,5H2,1-2H3/b4-3+. The van der Waals surface area contributed by atoms with Gasteiger partial charge in [0.05, 0.1) is 13.3 Å². The van der Waals surface area contributed by atoms with Gasteiger partial charge in [-0.05, 0) is 0 Å². The predicted molar refractivity (Wildman–Crippen MR) is 51.2 cm³/mol. The van der Waals surface area contributed by atoms with E-state index in [4.69, 9.17) is 0 Å². The molecule has 14 heavy (non-hydrogen) atoms. The zero-order valence-electron chi connectivity index (χ0n) is 8.23. The maximum atomic E-state index is 10.7. The minimum absolute atomic E-state index is 0.372. The van der Waals surface area contributed by atoms with Crippen molar-refractivity contribution in [1.82, 2.24) is 15.1 Å². The van der Waals surface area contributed by atoms with Crippen LogP contribution in [0.3, 0.4) is 0 Å². The van der Waals surface area contributed by atoms with E-state index in [0.717, 1.165) is 5.56 Å². The van der Waals surface area contributed by atoms with Crippen molar-refractivity contribution >= 4 is 5.97 Å². The molecule has 5 heteroatoms. The average Bonchev–Trinajstić information content (AvgIpc) is 2.58. The second kappa shape index (κ2) is 5.06. The third-order valence-corrected chi connectivity index (χ3v) is 1.60. The Hall–Kier alpha value is -1.78. The topological polar surface area (TPSA) is 56.1 Å². The Kier molecular flexibility index (Phi) is 3.72. The molecule has 0 aliphatic heterocycles. The van der Waals surface area contributed by atoms with Gasteiger partial charge >= 0.3 is 5.97 Å². The molecule has 0 bridgehead atoms. The van der Waals surface area contributed by atoms with Crippen molar-refractivity contribution in [1.29, 1.82) is 0 Å². The van der Waals surface area contributed by atoms with Crippen LogP contribution in [0, 0.1) is 0 Å². The van der Waals surface area contributed by atoms with Crippen molar-refractivity contribution in [2.24, 2.45) is 7.05 Å². The smallest absolute Gasteiger partial charge is 0.331 e. The third kappa shape index (κ3) is 3.30. The first-order chi connectivity index (χ1) is 6.72. The number of aromatic nitrogens is 2. The van der Waals surface area contributed by atoms with E-state index in [-0.39, 0.29) is 5.97 Å². The number of nitrogens with one attached hydrogen (secondary N) is 1. The Bertz CT molecular complexity index is 331. The lowest BCUT2D eigenvalue weighted by atomic mass is 10.4. The van der Waals surface area contributed by atoms with Gasteiger partial charge in [-0.1, -0.05) is 0 Å². The lowest BCUT2D eigenvalue weighted by molar-refractivity contribution is -0.134. The van der Waals surface area contributed by atoms with Gasteiger partial charge in [0.2, 0.25) is 0 Å². The number of carbonyl (C=O) groups is 1. The van der Waals surface area contributed by atoms with E-state index in [2.05, 4.69) is 15.2 Å². The van der Waals surface area contributed by atoms with Crippen molar-refractivity contribution < 1.29 is 9.53 Å². The van der Waals surface area contributed by atoms with E-state index in [1.54, 1.807) is 17.1 Å². The summed E-state index contributed by atoms with van der Waals surface area (Å²) in [4.78, 5) is 10.7. The Morgan fingerprint density at radius 1 is 1.79 bits per heavy atom. The summed E-state index contributed by atoms with van der Waals surface area (Å²) >= 11 is 0. The molecule has 1 aromatic heterocycles. The fourth-order valence-electron chi connectivity index (χ4n) is 0.935. The molecule has 0 aliphatic carbocycles. The second-order valence-electron chi connectivity index (χ2n) is 2.76. The average molecular weight is 195 g/mol. The molecule has 0 amide bonds. The molecule has 0 aromatic carbocycles. The van der Waals surface area contributed by atoms with Crippen molar-refractivity contribution in [3.05, 3.63) is 30.2 Å². The van der Waals surface area contributed by atoms with Gasteiger partial charge in [0.1, 0.15) is 0 Å². The maximum absolute atomic E-state index is 10.7. The van der Waals surface area contributed by atoms with E-state index in [9.17, 15) is 4.79 Å². The molecule has 1 N–H and O–H groups in total. The fraction of sp³-hybridized carbons (Fsp3) is 0.333. The molecule has 0 fully saturated rings. The summed E-state index contributed by atoms with van der Waals surface area (Å²) in [7, 11) is 3.20. The van der Waals surface area contributed by atoms with E-state index >= 15 is 0 Å². The highest BCUT2D eigenvalue weighted by atomic mass is 16.5. The van der Waals surface area contributed by atoms with Gasteiger partial charge in [-0.15, -0.1) is 0 Å². The molecule has 0 saturated carbocycles. The lowest BCUT2D eigenvalue weighted by Crippen LogP contribution is -2.05. The van der Waals surface area contributed by atoms with Crippen molar-refractivity contribution in [3.63, 3.8) is 0 Å². The van der Waals surface area contributed by atoms with Crippen LogP contribution in [0.2, 0.25) is 0 Å². The highest BCUT2D eigenvalue weighted by Crippen LogP contribution is 1.94. The Morgan fingerprint density at radius 2 is 2.57 bits per heavy atom. The first-order valence-corrected chi connectivity index (χ1v) is 4.18. The predicted octanol–water partition coefficient (Wildman–Crippen LogP) is 0.196. The molecule has 0 spiro atoms. The normalized spacial score (nSPS) is 10.4. The Labute approximate surface area is 82.4 Å². The number of esters is 1. The van der Waals surface area contributed by atoms with Crippen LogP contribution in [-0.2, 0) is 23.1 Å². The number of hydrogen-bond acceptors (Lipinski definition) is 4. The van der Waals surface area contributed by atoms with Crippen LogP contribution in [0.1, 0.15) is 5.56 Å². The SMILES string of the molecule is COC(=O)/C=C/NCc1cnn(C)c1. The molecular formula is C9H13N3O2. The first kappa shape index (κ1) is 10.3. The van der Waals surface area contributed by atoms with Crippen LogP contribution in [0.25, 0.3) is 0 Å². The van der Waals surface area contributed by atoms with E-state index in [0.29, 0.717) is 6.54 Å². The lowest BCUT2D eigenvalue weighted by Gasteiger charge is -1.95. The quantitative estimate of drug-likeness (QED) is 0.550. The number of rotatable bonds is 4. The van der Waals surface area contributed by atoms with Gasteiger partial charge < -0.3 is 10.1 Å². The van der Waals surface area contributed by atoms with Crippen LogP contribution >= 0.6 is 0 Å². The Balaban J connectivity index is 2.28. The number of aryl methyl sites for hydroxylation is 1. The minimum Gasteiger partial charge on any atom is -0.466 e. The van der Waals surface area contributed by atoms with Crippen molar-refractivity contribution in [3.8, 4) is 0 Å². The summed E-state index contributed by atoms with van der Waals surface area (Å²) < 4.78 is 6.15. The van der Waals surface area contributed by atoms with E-state index < -0.39 is 0 Å². The summed E-state index contributed by atoms with van der Waals surface area (Å²) in [6.45, 7) is 0.640. The summed E-state index contributed by atoms with van der Waals surface area (Å²) in [5.41, 5.74) is 1.06. The van der Waals surface area contributed by atoms with Gasteiger partial charge in [0.15, 0.2) is 0 Å². The second-order valence-corrected chi connectivity index (χ2v) is 2.76. The van der Waals surface area contributed by atoms with Crippen molar-refractivity contribution in [2.45, 2.75) is 6.54 Å². The molecule has 0 unspecified atom stereocenters. The molecule has 76 valence electrons. The summed E-state index contributed by atoms with van der Waals surface area (Å²) in [6.07, 6.45) is 6.55.